The van der Waals surface area contributed by atoms with Crippen molar-refractivity contribution < 1.29 is 14.3 Å². The number of nitrogens with one attached hydrogen (secondary N) is 2. The van der Waals surface area contributed by atoms with Gasteiger partial charge < -0.3 is 20.1 Å². The lowest BCUT2D eigenvalue weighted by molar-refractivity contribution is -0.126. The van der Waals surface area contributed by atoms with Gasteiger partial charge in [0.25, 0.3) is 0 Å². The van der Waals surface area contributed by atoms with Crippen molar-refractivity contribution in [2.75, 3.05) is 26.3 Å². The van der Waals surface area contributed by atoms with Gasteiger partial charge in [0.05, 0.1) is 19.8 Å². The third-order valence-electron chi connectivity index (χ3n) is 3.58. The summed E-state index contributed by atoms with van der Waals surface area (Å²) >= 11 is 0. The molecule has 124 valence electrons. The molecular formula is C16H25ClN2O3. The van der Waals surface area contributed by atoms with Crippen LogP contribution in [0.2, 0.25) is 0 Å². The van der Waals surface area contributed by atoms with Crippen LogP contribution in [0.4, 0.5) is 0 Å². The summed E-state index contributed by atoms with van der Waals surface area (Å²) in [7, 11) is 0. The Morgan fingerprint density at radius 1 is 1.50 bits per heavy atom. The maximum absolute atomic E-state index is 12.0. The zero-order valence-corrected chi connectivity index (χ0v) is 13.9. The number of halogens is 1. The van der Waals surface area contributed by atoms with Crippen LogP contribution in [0.15, 0.2) is 24.3 Å². The van der Waals surface area contributed by atoms with Crippen molar-refractivity contribution in [1.29, 1.82) is 0 Å². The van der Waals surface area contributed by atoms with E-state index >= 15 is 0 Å². The van der Waals surface area contributed by atoms with Crippen molar-refractivity contribution in [2.45, 2.75) is 32.4 Å². The Kier molecular flexibility index (Phi) is 8.24. The van der Waals surface area contributed by atoms with Crippen LogP contribution in [-0.2, 0) is 9.53 Å². The molecule has 0 aromatic heterocycles. The lowest BCUT2D eigenvalue weighted by Crippen LogP contribution is -2.52. The molecule has 0 saturated carbocycles. The highest BCUT2D eigenvalue weighted by Gasteiger charge is 2.21. The number of hydrogen-bond donors (Lipinski definition) is 2. The summed E-state index contributed by atoms with van der Waals surface area (Å²) in [6.07, 6.45) is 0.808. The lowest BCUT2D eigenvalue weighted by atomic mass is 10.2. The molecule has 2 N–H and O–H groups in total. The molecule has 1 amide bonds. The highest BCUT2D eigenvalue weighted by atomic mass is 35.5. The molecule has 0 spiro atoms. The molecule has 1 fully saturated rings. The van der Waals surface area contributed by atoms with Crippen molar-refractivity contribution >= 4 is 18.3 Å². The number of ether oxygens (including phenoxy) is 2. The van der Waals surface area contributed by atoms with Gasteiger partial charge in [0.1, 0.15) is 17.9 Å². The molecule has 1 heterocycles. The second-order valence-electron chi connectivity index (χ2n) is 5.24. The van der Waals surface area contributed by atoms with Crippen LogP contribution in [-0.4, -0.2) is 44.4 Å². The van der Waals surface area contributed by atoms with Crippen LogP contribution >= 0.6 is 12.4 Å². The van der Waals surface area contributed by atoms with Gasteiger partial charge in [0.2, 0.25) is 5.91 Å². The molecule has 1 aliphatic rings. The first-order valence-electron chi connectivity index (χ1n) is 7.51. The molecule has 1 saturated heterocycles. The molecule has 2 unspecified atom stereocenters. The predicted octanol–water partition coefficient (Wildman–Crippen LogP) is 1.68. The van der Waals surface area contributed by atoms with Crippen molar-refractivity contribution in [3.05, 3.63) is 29.8 Å². The molecule has 22 heavy (non-hydrogen) atoms. The average molecular weight is 329 g/mol. The van der Waals surface area contributed by atoms with Crippen LogP contribution in [0.1, 0.15) is 18.9 Å². The lowest BCUT2D eigenvalue weighted by Gasteiger charge is -2.24. The fourth-order valence-corrected chi connectivity index (χ4v) is 2.21. The summed E-state index contributed by atoms with van der Waals surface area (Å²) in [5.74, 6) is 0.847. The predicted molar refractivity (Wildman–Crippen MR) is 88.8 cm³/mol. The largest absolute Gasteiger partial charge is 0.488 e. The number of carbonyl (C=O) groups excluding carboxylic acids is 1. The highest BCUT2D eigenvalue weighted by Crippen LogP contribution is 2.18. The van der Waals surface area contributed by atoms with Crippen molar-refractivity contribution in [3.63, 3.8) is 0 Å². The van der Waals surface area contributed by atoms with Gasteiger partial charge in [-0.3, -0.25) is 4.79 Å². The van der Waals surface area contributed by atoms with E-state index in [-0.39, 0.29) is 30.5 Å². The van der Waals surface area contributed by atoms with Gasteiger partial charge in [-0.15, -0.1) is 12.4 Å². The first-order chi connectivity index (χ1) is 10.2. The molecule has 1 aliphatic heterocycles. The number of hydrogen-bond acceptors (Lipinski definition) is 4. The van der Waals surface area contributed by atoms with Crippen LogP contribution in [0.25, 0.3) is 0 Å². The number of rotatable bonds is 6. The van der Waals surface area contributed by atoms with Gasteiger partial charge in [-0.1, -0.05) is 25.1 Å². The number of para-hydroxylation sites is 1. The van der Waals surface area contributed by atoms with Crippen LogP contribution < -0.4 is 15.4 Å². The van der Waals surface area contributed by atoms with E-state index in [1.165, 1.54) is 0 Å². The third kappa shape index (κ3) is 5.48. The summed E-state index contributed by atoms with van der Waals surface area (Å²) in [5, 5.41) is 6.08. The molecule has 2 atom stereocenters. The zero-order valence-electron chi connectivity index (χ0n) is 13.1. The molecule has 1 aromatic rings. The van der Waals surface area contributed by atoms with Crippen molar-refractivity contribution in [3.8, 4) is 5.75 Å². The number of amides is 1. The Morgan fingerprint density at radius 3 is 2.91 bits per heavy atom. The molecule has 0 aliphatic carbocycles. The Labute approximate surface area is 138 Å². The van der Waals surface area contributed by atoms with E-state index in [1.54, 1.807) is 0 Å². The SMILES string of the molecule is CCC(CNC(=O)C1COCCN1)Oc1ccccc1C.Cl. The third-order valence-corrected chi connectivity index (χ3v) is 3.58. The minimum absolute atomic E-state index is 0. The van der Waals surface area contributed by atoms with Gasteiger partial charge in [-0.25, -0.2) is 0 Å². The smallest absolute Gasteiger partial charge is 0.239 e. The zero-order chi connectivity index (χ0) is 15.1. The van der Waals surface area contributed by atoms with Crippen LogP contribution in [0.5, 0.6) is 5.75 Å². The van der Waals surface area contributed by atoms with Crippen molar-refractivity contribution in [2.24, 2.45) is 0 Å². The van der Waals surface area contributed by atoms with E-state index < -0.39 is 0 Å². The molecule has 6 heteroatoms. The van der Waals surface area contributed by atoms with Gasteiger partial charge in [-0.05, 0) is 25.0 Å². The van der Waals surface area contributed by atoms with E-state index in [1.807, 2.05) is 31.2 Å². The van der Waals surface area contributed by atoms with Gasteiger partial charge >= 0.3 is 0 Å². The van der Waals surface area contributed by atoms with E-state index in [4.69, 9.17) is 9.47 Å². The highest BCUT2D eigenvalue weighted by molar-refractivity contribution is 5.85. The standard InChI is InChI=1S/C16H24N2O3.ClH/c1-3-13(21-15-7-5-4-6-12(15)2)10-18-16(19)14-11-20-9-8-17-14;/h4-7,13-14,17H,3,8-11H2,1-2H3,(H,18,19);1H. The normalized spacial score (nSPS) is 18.9. The molecule has 1 aromatic carbocycles. The van der Waals surface area contributed by atoms with E-state index in [2.05, 4.69) is 17.6 Å². The maximum atomic E-state index is 12.0. The summed E-state index contributed by atoms with van der Waals surface area (Å²) in [6.45, 7) is 6.39. The topological polar surface area (TPSA) is 59.6 Å². The van der Waals surface area contributed by atoms with Crippen LogP contribution in [0, 0.1) is 6.92 Å². The maximum Gasteiger partial charge on any atom is 0.239 e. The summed E-state index contributed by atoms with van der Waals surface area (Å²) in [5.41, 5.74) is 1.10. The first-order valence-corrected chi connectivity index (χ1v) is 7.51. The van der Waals surface area contributed by atoms with E-state index in [0.29, 0.717) is 19.8 Å². The molecule has 0 bridgehead atoms. The monoisotopic (exact) mass is 328 g/mol. The summed E-state index contributed by atoms with van der Waals surface area (Å²) < 4.78 is 11.3. The molecule has 0 radical (unpaired) electrons. The Morgan fingerprint density at radius 2 is 2.27 bits per heavy atom. The summed E-state index contributed by atoms with van der Waals surface area (Å²) in [4.78, 5) is 12.0. The van der Waals surface area contributed by atoms with E-state index in [0.717, 1.165) is 24.3 Å². The number of aryl methyl sites for hydroxylation is 1. The van der Waals surface area contributed by atoms with Gasteiger partial charge in [-0.2, -0.15) is 0 Å². The second-order valence-corrected chi connectivity index (χ2v) is 5.24. The quantitative estimate of drug-likeness (QED) is 0.834. The number of carbonyl (C=O) groups is 1. The van der Waals surface area contributed by atoms with Gasteiger partial charge in [0, 0.05) is 6.54 Å². The number of benzene rings is 1. The molecular weight excluding hydrogens is 304 g/mol. The molecule has 5 nitrogen and oxygen atoms in total. The van der Waals surface area contributed by atoms with Crippen LogP contribution in [0.3, 0.4) is 0 Å². The van der Waals surface area contributed by atoms with Gasteiger partial charge in [0.15, 0.2) is 0 Å². The Bertz CT molecular complexity index is 464. The van der Waals surface area contributed by atoms with E-state index in [9.17, 15) is 4.79 Å². The van der Waals surface area contributed by atoms with Crippen molar-refractivity contribution in [1.82, 2.24) is 10.6 Å². The number of morpholine rings is 1. The minimum Gasteiger partial charge on any atom is -0.488 e. The molecule has 2 rings (SSSR count). The Balaban J connectivity index is 0.00000242. The fourth-order valence-electron chi connectivity index (χ4n) is 2.21. The Hall–Kier alpha value is -1.30. The second kappa shape index (κ2) is 9.66. The average Bonchev–Trinajstić information content (AvgIpc) is 2.53. The summed E-state index contributed by atoms with van der Waals surface area (Å²) in [6, 6.07) is 7.66. The first kappa shape index (κ1) is 18.7. The fraction of sp³-hybridized carbons (Fsp3) is 0.562. The minimum atomic E-state index is -0.255.